The lowest BCUT2D eigenvalue weighted by molar-refractivity contribution is -0.115. The number of benzene rings is 1. The Bertz CT molecular complexity index is 872. The molecule has 0 bridgehead atoms. The molecule has 120 valence electrons. The third-order valence-electron chi connectivity index (χ3n) is 3.01. The second-order valence-electron chi connectivity index (χ2n) is 4.76. The molecular weight excluding hydrogens is 390 g/mol. The standard InChI is InChI=1S/C16H12BrN5OS/c1-9(15(23)21-13-4-2-3-12(17)6-13)24-16-11(8-19)5-10(7-18)14(20)22-16/h2-6,9H,1H3,(H2,20,22)(H,21,23)/t9-/m1/s1. The number of carbonyl (C=O) groups is 1. The van der Waals surface area contributed by atoms with Gasteiger partial charge in [-0.15, -0.1) is 0 Å². The van der Waals surface area contributed by atoms with E-state index < -0.39 is 5.25 Å². The van der Waals surface area contributed by atoms with Gasteiger partial charge in [-0.2, -0.15) is 10.5 Å². The van der Waals surface area contributed by atoms with E-state index in [0.29, 0.717) is 10.7 Å². The van der Waals surface area contributed by atoms with Crippen molar-refractivity contribution in [1.29, 1.82) is 10.5 Å². The SMILES string of the molecule is C[C@@H](Sc1nc(N)c(C#N)cc1C#N)C(=O)Nc1cccc(Br)c1. The van der Waals surface area contributed by atoms with Crippen LogP contribution < -0.4 is 11.1 Å². The third kappa shape index (κ3) is 4.25. The largest absolute Gasteiger partial charge is 0.383 e. The lowest BCUT2D eigenvalue weighted by atomic mass is 10.2. The van der Waals surface area contributed by atoms with E-state index in [2.05, 4.69) is 26.2 Å². The number of nitriles is 2. The summed E-state index contributed by atoms with van der Waals surface area (Å²) in [6.07, 6.45) is 0. The Labute approximate surface area is 151 Å². The highest BCUT2D eigenvalue weighted by atomic mass is 79.9. The van der Waals surface area contributed by atoms with Gasteiger partial charge in [0, 0.05) is 10.2 Å². The highest BCUT2D eigenvalue weighted by Gasteiger charge is 2.19. The Kier molecular flexibility index (Phi) is 5.80. The molecule has 1 heterocycles. The number of nitrogens with zero attached hydrogens (tertiary/aromatic N) is 3. The molecule has 1 aromatic carbocycles. The first-order valence-electron chi connectivity index (χ1n) is 6.78. The maximum absolute atomic E-state index is 12.3. The molecule has 24 heavy (non-hydrogen) atoms. The molecule has 8 heteroatoms. The number of carbonyl (C=O) groups excluding carboxylic acids is 1. The maximum Gasteiger partial charge on any atom is 0.237 e. The van der Waals surface area contributed by atoms with Gasteiger partial charge in [0.2, 0.25) is 5.91 Å². The zero-order valence-corrected chi connectivity index (χ0v) is 15.0. The van der Waals surface area contributed by atoms with Gasteiger partial charge in [-0.05, 0) is 31.2 Å². The van der Waals surface area contributed by atoms with Crippen molar-refractivity contribution in [2.75, 3.05) is 11.1 Å². The molecule has 0 spiro atoms. The average Bonchev–Trinajstić information content (AvgIpc) is 2.55. The second-order valence-corrected chi connectivity index (χ2v) is 7.00. The maximum atomic E-state index is 12.3. The van der Waals surface area contributed by atoms with Crippen LogP contribution in [0.3, 0.4) is 0 Å². The summed E-state index contributed by atoms with van der Waals surface area (Å²) in [5.74, 6) is -0.190. The Morgan fingerprint density at radius 2 is 2.04 bits per heavy atom. The molecule has 1 aromatic heterocycles. The number of thioether (sulfide) groups is 1. The number of rotatable bonds is 4. The van der Waals surface area contributed by atoms with Crippen LogP contribution in [0.5, 0.6) is 0 Å². The highest BCUT2D eigenvalue weighted by molar-refractivity contribution is 9.10. The van der Waals surface area contributed by atoms with Gasteiger partial charge in [0.25, 0.3) is 0 Å². The van der Waals surface area contributed by atoms with Gasteiger partial charge >= 0.3 is 0 Å². The molecule has 0 saturated carbocycles. The van der Waals surface area contributed by atoms with Crippen molar-refractivity contribution in [3.8, 4) is 12.1 Å². The zero-order valence-electron chi connectivity index (χ0n) is 12.6. The van der Waals surface area contributed by atoms with E-state index in [-0.39, 0.29) is 22.9 Å². The molecule has 1 atom stereocenters. The van der Waals surface area contributed by atoms with Crippen LogP contribution >= 0.6 is 27.7 Å². The summed E-state index contributed by atoms with van der Waals surface area (Å²) in [5.41, 5.74) is 6.70. The van der Waals surface area contributed by atoms with Crippen LogP contribution in [0.1, 0.15) is 18.1 Å². The van der Waals surface area contributed by atoms with Gasteiger partial charge in [0.1, 0.15) is 23.0 Å². The van der Waals surface area contributed by atoms with Crippen molar-refractivity contribution in [2.45, 2.75) is 17.2 Å². The highest BCUT2D eigenvalue weighted by Crippen LogP contribution is 2.28. The van der Waals surface area contributed by atoms with Gasteiger partial charge in [-0.3, -0.25) is 4.79 Å². The number of nitrogens with two attached hydrogens (primary N) is 1. The minimum absolute atomic E-state index is 0.0404. The fraction of sp³-hybridized carbons (Fsp3) is 0.125. The normalized spacial score (nSPS) is 11.2. The summed E-state index contributed by atoms with van der Waals surface area (Å²) >= 11 is 4.45. The van der Waals surface area contributed by atoms with Crippen molar-refractivity contribution < 1.29 is 4.79 Å². The van der Waals surface area contributed by atoms with Gasteiger partial charge in [-0.25, -0.2) is 4.98 Å². The number of amides is 1. The van der Waals surface area contributed by atoms with Crippen LogP contribution in [-0.4, -0.2) is 16.1 Å². The molecule has 0 fully saturated rings. The average molecular weight is 402 g/mol. The quantitative estimate of drug-likeness (QED) is 0.759. The van der Waals surface area contributed by atoms with Crippen molar-refractivity contribution in [1.82, 2.24) is 4.98 Å². The number of hydrogen-bond acceptors (Lipinski definition) is 6. The van der Waals surface area contributed by atoms with E-state index in [9.17, 15) is 10.1 Å². The van der Waals surface area contributed by atoms with Gasteiger partial charge < -0.3 is 11.1 Å². The Balaban J connectivity index is 2.16. The molecule has 0 aliphatic heterocycles. The summed E-state index contributed by atoms with van der Waals surface area (Å²) in [5, 5.41) is 20.7. The fourth-order valence-corrected chi connectivity index (χ4v) is 3.08. The molecular formula is C16H12BrN5OS. The lowest BCUT2D eigenvalue weighted by Crippen LogP contribution is -2.22. The van der Waals surface area contributed by atoms with Crippen molar-refractivity contribution in [2.24, 2.45) is 0 Å². The van der Waals surface area contributed by atoms with E-state index in [1.54, 1.807) is 19.1 Å². The van der Waals surface area contributed by atoms with Crippen molar-refractivity contribution in [3.63, 3.8) is 0 Å². The second kappa shape index (κ2) is 7.82. The number of halogens is 1. The third-order valence-corrected chi connectivity index (χ3v) is 4.60. The first-order chi connectivity index (χ1) is 11.4. The number of pyridine rings is 1. The summed E-state index contributed by atoms with van der Waals surface area (Å²) in [7, 11) is 0. The van der Waals surface area contributed by atoms with E-state index in [1.165, 1.54) is 6.07 Å². The topological polar surface area (TPSA) is 116 Å². The predicted octanol–water partition coefficient (Wildman–Crippen LogP) is 3.29. The monoisotopic (exact) mass is 401 g/mol. The van der Waals surface area contributed by atoms with Crippen LogP contribution in [0.2, 0.25) is 0 Å². The van der Waals surface area contributed by atoms with Crippen LogP contribution in [0.4, 0.5) is 11.5 Å². The molecule has 3 N–H and O–H groups in total. The molecule has 0 radical (unpaired) electrons. The minimum atomic E-state index is -0.504. The number of aromatic nitrogens is 1. The van der Waals surface area contributed by atoms with E-state index in [4.69, 9.17) is 11.0 Å². The Morgan fingerprint density at radius 1 is 1.33 bits per heavy atom. The zero-order chi connectivity index (χ0) is 17.7. The van der Waals surface area contributed by atoms with Crippen molar-refractivity contribution in [3.05, 3.63) is 45.9 Å². The van der Waals surface area contributed by atoms with E-state index in [1.807, 2.05) is 24.3 Å². The summed E-state index contributed by atoms with van der Waals surface area (Å²) in [6, 6.07) is 12.5. The fourth-order valence-electron chi connectivity index (χ4n) is 1.80. The van der Waals surface area contributed by atoms with E-state index in [0.717, 1.165) is 16.2 Å². The van der Waals surface area contributed by atoms with Crippen LogP contribution in [0.25, 0.3) is 0 Å². The number of hydrogen-bond donors (Lipinski definition) is 2. The number of nitrogen functional groups attached to an aromatic ring is 1. The molecule has 0 saturated heterocycles. The summed E-state index contributed by atoms with van der Waals surface area (Å²) in [4.78, 5) is 16.4. The number of anilines is 2. The van der Waals surface area contributed by atoms with Gasteiger partial charge in [-0.1, -0.05) is 33.8 Å². The molecule has 1 amide bonds. The molecule has 0 aliphatic carbocycles. The minimum Gasteiger partial charge on any atom is -0.383 e. The summed E-state index contributed by atoms with van der Waals surface area (Å²) in [6.45, 7) is 1.70. The Hall–Kier alpha value is -2.55. The summed E-state index contributed by atoms with van der Waals surface area (Å²) < 4.78 is 0.855. The molecule has 0 aliphatic rings. The molecule has 6 nitrogen and oxygen atoms in total. The van der Waals surface area contributed by atoms with Crippen LogP contribution in [0.15, 0.2) is 39.8 Å². The van der Waals surface area contributed by atoms with Crippen molar-refractivity contribution >= 4 is 45.1 Å². The van der Waals surface area contributed by atoms with Crippen LogP contribution in [-0.2, 0) is 4.79 Å². The van der Waals surface area contributed by atoms with Crippen LogP contribution in [0, 0.1) is 22.7 Å². The molecule has 2 rings (SSSR count). The smallest absolute Gasteiger partial charge is 0.237 e. The molecule has 0 unspecified atom stereocenters. The first kappa shape index (κ1) is 17.8. The van der Waals surface area contributed by atoms with E-state index >= 15 is 0 Å². The first-order valence-corrected chi connectivity index (χ1v) is 8.45. The Morgan fingerprint density at radius 3 is 2.67 bits per heavy atom. The number of nitrogens with one attached hydrogen (secondary N) is 1. The van der Waals surface area contributed by atoms with Gasteiger partial charge in [0.05, 0.1) is 16.4 Å². The predicted molar refractivity (Wildman–Crippen MR) is 96.2 cm³/mol. The molecule has 2 aromatic rings. The van der Waals surface area contributed by atoms with Gasteiger partial charge in [0.15, 0.2) is 0 Å². The lowest BCUT2D eigenvalue weighted by Gasteiger charge is -2.13.